The van der Waals surface area contributed by atoms with E-state index in [1.165, 1.54) is 6.33 Å². The number of hydrogen-bond donors (Lipinski definition) is 1. The second-order valence-electron chi connectivity index (χ2n) is 5.53. The van der Waals surface area contributed by atoms with Crippen LogP contribution >= 0.6 is 0 Å². The number of hydrogen-bond acceptors (Lipinski definition) is 7. The highest BCUT2D eigenvalue weighted by atomic mass is 16.6. The molecule has 8 nitrogen and oxygen atoms in total. The second kappa shape index (κ2) is 7.22. The zero-order valence-corrected chi connectivity index (χ0v) is 13.4. The largest absolute Gasteiger partial charge is 0.378 e. The molecule has 24 heavy (non-hydrogen) atoms. The van der Waals surface area contributed by atoms with Crippen molar-refractivity contribution in [3.63, 3.8) is 0 Å². The summed E-state index contributed by atoms with van der Waals surface area (Å²) in [5.41, 5.74) is 0.931. The Bertz CT molecular complexity index is 704. The summed E-state index contributed by atoms with van der Waals surface area (Å²) in [6.45, 7) is 4.15. The van der Waals surface area contributed by atoms with Gasteiger partial charge < -0.3 is 15.0 Å². The van der Waals surface area contributed by atoms with E-state index in [1.54, 1.807) is 0 Å². The molecule has 1 saturated heterocycles. The van der Waals surface area contributed by atoms with E-state index >= 15 is 0 Å². The van der Waals surface area contributed by atoms with Crippen LogP contribution in [0.4, 0.5) is 17.3 Å². The lowest BCUT2D eigenvalue weighted by atomic mass is 10.1. The molecule has 2 aromatic rings. The zero-order valence-electron chi connectivity index (χ0n) is 13.4. The molecule has 0 saturated carbocycles. The van der Waals surface area contributed by atoms with Crippen molar-refractivity contribution in [1.82, 2.24) is 9.97 Å². The van der Waals surface area contributed by atoms with Gasteiger partial charge in [0.1, 0.15) is 6.33 Å². The fraction of sp³-hybridized carbons (Fsp3) is 0.375. The normalized spacial score (nSPS) is 15.8. The van der Waals surface area contributed by atoms with Gasteiger partial charge in [-0.15, -0.1) is 0 Å². The van der Waals surface area contributed by atoms with Crippen LogP contribution in [0.3, 0.4) is 0 Å². The van der Waals surface area contributed by atoms with E-state index in [1.807, 2.05) is 42.2 Å². The maximum absolute atomic E-state index is 11.6. The number of rotatable bonds is 5. The average Bonchev–Trinajstić information content (AvgIpc) is 2.62. The Labute approximate surface area is 139 Å². The Hall–Kier alpha value is -2.74. The predicted octanol–water partition coefficient (Wildman–Crippen LogP) is 2.39. The van der Waals surface area contributed by atoms with Crippen LogP contribution in [-0.4, -0.2) is 41.2 Å². The third-order valence-corrected chi connectivity index (χ3v) is 3.95. The molecule has 1 aliphatic heterocycles. The number of nitro groups is 1. The average molecular weight is 329 g/mol. The van der Waals surface area contributed by atoms with Gasteiger partial charge in [0.15, 0.2) is 0 Å². The van der Waals surface area contributed by atoms with E-state index < -0.39 is 4.92 Å². The number of nitrogens with one attached hydrogen (secondary N) is 1. The molecule has 3 rings (SSSR count). The van der Waals surface area contributed by atoms with Crippen LogP contribution in [0.2, 0.25) is 0 Å². The van der Waals surface area contributed by atoms with Gasteiger partial charge in [-0.05, 0) is 12.5 Å². The van der Waals surface area contributed by atoms with Crippen LogP contribution in [0.15, 0.2) is 36.7 Å². The molecule has 0 bridgehead atoms. The number of morpholine rings is 1. The molecule has 1 unspecified atom stereocenters. The molecule has 1 aromatic carbocycles. The van der Waals surface area contributed by atoms with E-state index in [9.17, 15) is 10.1 Å². The van der Waals surface area contributed by atoms with Gasteiger partial charge in [0.2, 0.25) is 11.6 Å². The highest BCUT2D eigenvalue weighted by Crippen LogP contribution is 2.33. The Balaban J connectivity index is 1.91. The first-order valence-electron chi connectivity index (χ1n) is 7.80. The molecular formula is C16H19N5O3. The Kier molecular flexibility index (Phi) is 4.85. The standard InChI is InChI=1S/C16H19N5O3/c1-12(13-5-3-2-4-6-13)19-15-14(21(22)23)16(18-11-17-15)20-7-9-24-10-8-20/h2-6,11-12H,7-10H2,1H3,(H,17,18,19). The smallest absolute Gasteiger partial charge is 0.353 e. The minimum Gasteiger partial charge on any atom is -0.378 e. The van der Waals surface area contributed by atoms with E-state index in [-0.39, 0.29) is 17.5 Å². The topological polar surface area (TPSA) is 93.4 Å². The maximum Gasteiger partial charge on any atom is 0.353 e. The first-order chi connectivity index (χ1) is 11.7. The Morgan fingerprint density at radius 1 is 1.25 bits per heavy atom. The molecule has 0 amide bonds. The third kappa shape index (κ3) is 3.43. The Morgan fingerprint density at radius 2 is 1.96 bits per heavy atom. The van der Waals surface area contributed by atoms with Crippen molar-refractivity contribution in [1.29, 1.82) is 0 Å². The molecule has 0 spiro atoms. The first kappa shape index (κ1) is 16.1. The predicted molar refractivity (Wildman–Crippen MR) is 90.2 cm³/mol. The number of benzene rings is 1. The van der Waals surface area contributed by atoms with E-state index in [2.05, 4.69) is 15.3 Å². The van der Waals surface area contributed by atoms with Gasteiger partial charge in [-0.3, -0.25) is 10.1 Å². The monoisotopic (exact) mass is 329 g/mol. The van der Waals surface area contributed by atoms with Gasteiger partial charge >= 0.3 is 5.69 Å². The fourth-order valence-electron chi connectivity index (χ4n) is 2.68. The lowest BCUT2D eigenvalue weighted by Crippen LogP contribution is -2.37. The number of aromatic nitrogens is 2. The van der Waals surface area contributed by atoms with E-state index in [4.69, 9.17) is 4.74 Å². The molecule has 2 heterocycles. The van der Waals surface area contributed by atoms with Crippen LogP contribution in [0.1, 0.15) is 18.5 Å². The van der Waals surface area contributed by atoms with E-state index in [0.717, 1.165) is 5.56 Å². The quantitative estimate of drug-likeness (QED) is 0.665. The van der Waals surface area contributed by atoms with Crippen molar-refractivity contribution in [2.24, 2.45) is 0 Å². The van der Waals surface area contributed by atoms with Crippen molar-refractivity contribution >= 4 is 17.3 Å². The van der Waals surface area contributed by atoms with Crippen LogP contribution < -0.4 is 10.2 Å². The molecule has 1 aliphatic rings. The summed E-state index contributed by atoms with van der Waals surface area (Å²) in [5, 5.41) is 14.8. The molecule has 8 heteroatoms. The van der Waals surface area contributed by atoms with E-state index in [0.29, 0.717) is 32.1 Å². The highest BCUT2D eigenvalue weighted by molar-refractivity contribution is 5.70. The summed E-state index contributed by atoms with van der Waals surface area (Å²) in [6.07, 6.45) is 1.36. The molecule has 126 valence electrons. The van der Waals surface area contributed by atoms with Crippen LogP contribution in [0.25, 0.3) is 0 Å². The first-order valence-corrected chi connectivity index (χ1v) is 7.80. The van der Waals surface area contributed by atoms with Crippen molar-refractivity contribution in [2.75, 3.05) is 36.5 Å². The molecule has 1 N–H and O–H groups in total. The summed E-state index contributed by atoms with van der Waals surface area (Å²) in [4.78, 5) is 21.3. The summed E-state index contributed by atoms with van der Waals surface area (Å²) in [5.74, 6) is 0.564. The van der Waals surface area contributed by atoms with Crippen LogP contribution in [0.5, 0.6) is 0 Å². The lowest BCUT2D eigenvalue weighted by molar-refractivity contribution is -0.383. The summed E-state index contributed by atoms with van der Waals surface area (Å²) in [7, 11) is 0. The molecule has 1 atom stereocenters. The van der Waals surface area contributed by atoms with Crippen molar-refractivity contribution in [3.05, 3.63) is 52.3 Å². The molecule has 1 fully saturated rings. The van der Waals surface area contributed by atoms with Gasteiger partial charge in [0.25, 0.3) is 0 Å². The SMILES string of the molecule is CC(Nc1ncnc(N2CCOCC2)c1[N+](=O)[O-])c1ccccc1. The fourth-order valence-corrected chi connectivity index (χ4v) is 2.68. The summed E-state index contributed by atoms with van der Waals surface area (Å²) >= 11 is 0. The van der Waals surface area contributed by atoms with Crippen molar-refractivity contribution in [3.8, 4) is 0 Å². The molecule has 0 aliphatic carbocycles. The zero-order chi connectivity index (χ0) is 16.9. The maximum atomic E-state index is 11.6. The number of ether oxygens (including phenoxy) is 1. The summed E-state index contributed by atoms with van der Waals surface area (Å²) < 4.78 is 5.30. The third-order valence-electron chi connectivity index (χ3n) is 3.95. The van der Waals surface area contributed by atoms with Gasteiger partial charge in [-0.25, -0.2) is 9.97 Å². The van der Waals surface area contributed by atoms with Crippen LogP contribution in [-0.2, 0) is 4.74 Å². The van der Waals surface area contributed by atoms with Gasteiger partial charge in [-0.2, -0.15) is 0 Å². The molecule has 1 aromatic heterocycles. The Morgan fingerprint density at radius 3 is 2.62 bits per heavy atom. The van der Waals surface area contributed by atoms with Gasteiger partial charge in [0, 0.05) is 13.1 Å². The van der Waals surface area contributed by atoms with Gasteiger partial charge in [-0.1, -0.05) is 30.3 Å². The van der Waals surface area contributed by atoms with Gasteiger partial charge in [0.05, 0.1) is 24.2 Å². The summed E-state index contributed by atoms with van der Waals surface area (Å²) in [6, 6.07) is 9.61. The second-order valence-corrected chi connectivity index (χ2v) is 5.53. The molecular weight excluding hydrogens is 310 g/mol. The highest BCUT2D eigenvalue weighted by Gasteiger charge is 2.28. The minimum absolute atomic E-state index is 0.0952. The minimum atomic E-state index is -0.426. The van der Waals surface area contributed by atoms with Crippen LogP contribution in [0, 0.1) is 10.1 Å². The van der Waals surface area contributed by atoms with Crippen molar-refractivity contribution in [2.45, 2.75) is 13.0 Å². The molecule has 0 radical (unpaired) electrons. The lowest BCUT2D eigenvalue weighted by Gasteiger charge is -2.27. The van der Waals surface area contributed by atoms with Crippen molar-refractivity contribution < 1.29 is 9.66 Å². The number of nitrogens with zero attached hydrogens (tertiary/aromatic N) is 4. The number of anilines is 2.